The minimum Gasteiger partial charge on any atom is -0.491 e. The maximum atomic E-state index is 12.5. The normalized spacial score (nSPS) is 14.5. The van der Waals surface area contributed by atoms with Crippen LogP contribution in [0.5, 0.6) is 11.5 Å². The Labute approximate surface area is 155 Å². The fourth-order valence-electron chi connectivity index (χ4n) is 3.20. The molecule has 0 fully saturated rings. The third-order valence-corrected chi connectivity index (χ3v) is 4.48. The van der Waals surface area contributed by atoms with Crippen molar-refractivity contribution >= 4 is 11.6 Å². The van der Waals surface area contributed by atoms with Crippen LogP contribution in [0, 0.1) is 0 Å². The van der Waals surface area contributed by atoms with E-state index in [0.29, 0.717) is 5.69 Å². The first-order valence-corrected chi connectivity index (χ1v) is 9.37. The second-order valence-electron chi connectivity index (χ2n) is 7.08. The van der Waals surface area contributed by atoms with Gasteiger partial charge in [-0.25, -0.2) is 0 Å². The zero-order valence-corrected chi connectivity index (χ0v) is 15.7. The van der Waals surface area contributed by atoms with Gasteiger partial charge in [0.1, 0.15) is 11.5 Å². The third-order valence-electron chi connectivity index (χ3n) is 4.48. The highest BCUT2D eigenvalue weighted by Gasteiger charge is 2.17. The van der Waals surface area contributed by atoms with E-state index in [4.69, 9.17) is 9.47 Å². The van der Waals surface area contributed by atoms with Gasteiger partial charge in [0.15, 0.2) is 6.10 Å². The van der Waals surface area contributed by atoms with Crippen molar-refractivity contribution < 1.29 is 14.3 Å². The molecule has 2 aromatic rings. The molecule has 4 nitrogen and oxygen atoms in total. The molecule has 0 aliphatic heterocycles. The quantitative estimate of drug-likeness (QED) is 0.814. The lowest BCUT2D eigenvalue weighted by Crippen LogP contribution is -2.30. The molecule has 138 valence electrons. The van der Waals surface area contributed by atoms with Gasteiger partial charge >= 0.3 is 0 Å². The highest BCUT2D eigenvalue weighted by atomic mass is 16.5. The van der Waals surface area contributed by atoms with Crippen LogP contribution in [0.15, 0.2) is 42.5 Å². The number of amides is 1. The van der Waals surface area contributed by atoms with E-state index in [1.165, 1.54) is 24.0 Å². The Morgan fingerprint density at radius 2 is 1.65 bits per heavy atom. The molecule has 4 heteroatoms. The molecule has 0 saturated carbocycles. The van der Waals surface area contributed by atoms with Gasteiger partial charge in [-0.1, -0.05) is 12.1 Å². The lowest BCUT2D eigenvalue weighted by Gasteiger charge is -2.19. The monoisotopic (exact) mass is 353 g/mol. The fourth-order valence-corrected chi connectivity index (χ4v) is 3.20. The van der Waals surface area contributed by atoms with Crippen LogP contribution in [-0.2, 0) is 17.6 Å². The second-order valence-corrected chi connectivity index (χ2v) is 7.08. The Bertz CT molecular complexity index is 770. The fraction of sp³-hybridized carbons (Fsp3) is 0.409. The van der Waals surface area contributed by atoms with E-state index in [2.05, 4.69) is 17.4 Å². The molecule has 0 heterocycles. The summed E-state index contributed by atoms with van der Waals surface area (Å²) in [4.78, 5) is 12.5. The summed E-state index contributed by atoms with van der Waals surface area (Å²) in [5, 5.41) is 2.89. The standard InChI is InChI=1S/C22H27NO3/c1-15(2)25-20-10-6-9-19(14-20)23-22(24)16(3)26-21-12-11-17-7-4-5-8-18(17)13-21/h6,9-16H,4-5,7-8H2,1-3H3,(H,23,24)/t16-/m0/s1. The SMILES string of the molecule is CC(C)Oc1cccc(NC(=O)[C@H](C)Oc2ccc3c(c2)CCCC3)c1. The molecule has 1 aliphatic carbocycles. The van der Waals surface area contributed by atoms with Crippen LogP contribution >= 0.6 is 0 Å². The van der Waals surface area contributed by atoms with Gasteiger partial charge in [0, 0.05) is 11.8 Å². The summed E-state index contributed by atoms with van der Waals surface area (Å²) in [6.45, 7) is 5.71. The maximum Gasteiger partial charge on any atom is 0.265 e. The van der Waals surface area contributed by atoms with Crippen molar-refractivity contribution in [1.29, 1.82) is 0 Å². The number of rotatable bonds is 6. The predicted octanol–water partition coefficient (Wildman–Crippen LogP) is 4.76. The lowest BCUT2D eigenvalue weighted by atomic mass is 9.92. The summed E-state index contributed by atoms with van der Waals surface area (Å²) in [7, 11) is 0. The zero-order chi connectivity index (χ0) is 18.5. The van der Waals surface area contributed by atoms with Crippen LogP contribution in [0.1, 0.15) is 44.7 Å². The van der Waals surface area contributed by atoms with Crippen molar-refractivity contribution in [3.8, 4) is 11.5 Å². The second kappa shape index (κ2) is 8.26. The van der Waals surface area contributed by atoms with E-state index in [1.54, 1.807) is 6.92 Å². The number of carbonyl (C=O) groups excluding carboxylic acids is 1. The molecule has 1 N–H and O–H groups in total. The molecule has 0 unspecified atom stereocenters. The van der Waals surface area contributed by atoms with Crippen molar-refractivity contribution in [2.24, 2.45) is 0 Å². The number of anilines is 1. The van der Waals surface area contributed by atoms with E-state index in [-0.39, 0.29) is 12.0 Å². The third kappa shape index (κ3) is 4.78. The van der Waals surface area contributed by atoms with Crippen LogP contribution in [-0.4, -0.2) is 18.1 Å². The first-order valence-electron chi connectivity index (χ1n) is 9.37. The van der Waals surface area contributed by atoms with Crippen molar-refractivity contribution in [3.63, 3.8) is 0 Å². The Hall–Kier alpha value is -2.49. The van der Waals surface area contributed by atoms with Crippen molar-refractivity contribution in [1.82, 2.24) is 0 Å². The Morgan fingerprint density at radius 1 is 0.923 bits per heavy atom. The molecule has 1 amide bonds. The zero-order valence-electron chi connectivity index (χ0n) is 15.7. The Balaban J connectivity index is 1.61. The molecular formula is C22H27NO3. The molecule has 1 aliphatic rings. The van der Waals surface area contributed by atoms with Crippen LogP contribution in [0.3, 0.4) is 0 Å². The first-order chi connectivity index (χ1) is 12.5. The summed E-state index contributed by atoms with van der Waals surface area (Å²) in [6.07, 6.45) is 4.22. The van der Waals surface area contributed by atoms with E-state index in [1.807, 2.05) is 44.2 Å². The van der Waals surface area contributed by atoms with Gasteiger partial charge < -0.3 is 14.8 Å². The molecule has 26 heavy (non-hydrogen) atoms. The molecule has 1 atom stereocenters. The largest absolute Gasteiger partial charge is 0.491 e. The molecule has 0 spiro atoms. The summed E-state index contributed by atoms with van der Waals surface area (Å²) in [6, 6.07) is 13.6. The number of hydrogen-bond acceptors (Lipinski definition) is 3. The Kier molecular flexibility index (Phi) is 5.82. The minimum atomic E-state index is -0.577. The van der Waals surface area contributed by atoms with Crippen molar-refractivity contribution in [2.45, 2.75) is 58.7 Å². The summed E-state index contributed by atoms with van der Waals surface area (Å²) in [5.74, 6) is 1.32. The average Bonchev–Trinajstić information content (AvgIpc) is 2.61. The molecule has 0 saturated heterocycles. The van der Waals surface area contributed by atoms with Crippen LogP contribution in [0.25, 0.3) is 0 Å². The molecule has 2 aromatic carbocycles. The van der Waals surface area contributed by atoms with Crippen molar-refractivity contribution in [2.75, 3.05) is 5.32 Å². The number of hydrogen-bond donors (Lipinski definition) is 1. The summed E-state index contributed by atoms with van der Waals surface area (Å²) < 4.78 is 11.5. The number of benzene rings is 2. The van der Waals surface area contributed by atoms with Gasteiger partial charge in [0.05, 0.1) is 6.10 Å². The highest BCUT2D eigenvalue weighted by Crippen LogP contribution is 2.26. The van der Waals surface area contributed by atoms with E-state index < -0.39 is 6.10 Å². The lowest BCUT2D eigenvalue weighted by molar-refractivity contribution is -0.122. The number of fused-ring (bicyclic) bond motifs is 1. The summed E-state index contributed by atoms with van der Waals surface area (Å²) in [5.41, 5.74) is 3.46. The van der Waals surface area contributed by atoms with Crippen molar-refractivity contribution in [3.05, 3.63) is 53.6 Å². The average molecular weight is 353 g/mol. The number of nitrogens with one attached hydrogen (secondary N) is 1. The molecule has 0 aromatic heterocycles. The number of carbonyl (C=O) groups is 1. The Morgan fingerprint density at radius 3 is 2.42 bits per heavy atom. The van der Waals surface area contributed by atoms with Gasteiger partial charge in [-0.2, -0.15) is 0 Å². The number of aryl methyl sites for hydroxylation is 2. The predicted molar refractivity (Wildman–Crippen MR) is 104 cm³/mol. The smallest absolute Gasteiger partial charge is 0.265 e. The van der Waals surface area contributed by atoms with Crippen LogP contribution in [0.4, 0.5) is 5.69 Å². The summed E-state index contributed by atoms with van der Waals surface area (Å²) >= 11 is 0. The highest BCUT2D eigenvalue weighted by molar-refractivity contribution is 5.94. The van der Waals surface area contributed by atoms with Crippen LogP contribution in [0.2, 0.25) is 0 Å². The topological polar surface area (TPSA) is 47.6 Å². The molecule has 0 bridgehead atoms. The number of ether oxygens (including phenoxy) is 2. The van der Waals surface area contributed by atoms with E-state index in [0.717, 1.165) is 24.3 Å². The van der Waals surface area contributed by atoms with Crippen LogP contribution < -0.4 is 14.8 Å². The van der Waals surface area contributed by atoms with Gasteiger partial charge in [-0.3, -0.25) is 4.79 Å². The van der Waals surface area contributed by atoms with Gasteiger partial charge in [0.2, 0.25) is 0 Å². The molecule has 0 radical (unpaired) electrons. The van der Waals surface area contributed by atoms with E-state index >= 15 is 0 Å². The maximum absolute atomic E-state index is 12.5. The van der Waals surface area contributed by atoms with Gasteiger partial charge in [0.25, 0.3) is 5.91 Å². The minimum absolute atomic E-state index is 0.0900. The molecular weight excluding hydrogens is 326 g/mol. The van der Waals surface area contributed by atoms with E-state index in [9.17, 15) is 4.79 Å². The molecule has 3 rings (SSSR count). The van der Waals surface area contributed by atoms with Gasteiger partial charge in [-0.05, 0) is 81.8 Å². The van der Waals surface area contributed by atoms with Gasteiger partial charge in [-0.15, -0.1) is 0 Å². The first kappa shape index (κ1) is 18.3.